The second kappa shape index (κ2) is 6.85. The smallest absolute Gasteiger partial charge is 0.163 e. The fraction of sp³-hybridized carbons (Fsp3) is 0.438. The molecule has 5 heteroatoms. The van der Waals surface area contributed by atoms with Gasteiger partial charge < -0.3 is 5.32 Å². The molecule has 1 aliphatic rings. The SMILES string of the molecule is Clc1cncc(-c2nccc(NCC3CCCCC3)n2)c1. The molecule has 0 radical (unpaired) electrons. The molecule has 0 amide bonds. The van der Waals surface area contributed by atoms with E-state index in [4.69, 9.17) is 11.6 Å². The van der Waals surface area contributed by atoms with Gasteiger partial charge in [-0.05, 0) is 30.9 Å². The molecule has 0 saturated heterocycles. The zero-order chi connectivity index (χ0) is 14.5. The topological polar surface area (TPSA) is 50.7 Å². The van der Waals surface area contributed by atoms with Crippen molar-refractivity contribution in [2.24, 2.45) is 5.92 Å². The minimum Gasteiger partial charge on any atom is -0.370 e. The highest BCUT2D eigenvalue weighted by molar-refractivity contribution is 6.30. The molecule has 0 bridgehead atoms. The summed E-state index contributed by atoms with van der Waals surface area (Å²) in [6.07, 6.45) is 11.8. The van der Waals surface area contributed by atoms with Gasteiger partial charge in [-0.15, -0.1) is 0 Å². The van der Waals surface area contributed by atoms with Crippen LogP contribution >= 0.6 is 11.6 Å². The summed E-state index contributed by atoms with van der Waals surface area (Å²) in [5, 5.41) is 4.03. The molecule has 0 unspecified atom stereocenters. The molecule has 2 aromatic heterocycles. The standard InChI is InChI=1S/C16H19ClN4/c17-14-8-13(10-18-11-14)16-19-7-6-15(21-16)20-9-12-4-2-1-3-5-12/h6-8,10-12H,1-5,9H2,(H,19,20,21). The fourth-order valence-corrected chi connectivity index (χ4v) is 2.94. The average molecular weight is 303 g/mol. The average Bonchev–Trinajstić information content (AvgIpc) is 2.54. The highest BCUT2D eigenvalue weighted by Gasteiger charge is 2.13. The van der Waals surface area contributed by atoms with Gasteiger partial charge >= 0.3 is 0 Å². The van der Waals surface area contributed by atoms with Crippen molar-refractivity contribution < 1.29 is 0 Å². The van der Waals surface area contributed by atoms with Gasteiger partial charge in [-0.3, -0.25) is 4.98 Å². The van der Waals surface area contributed by atoms with Gasteiger partial charge in [0.25, 0.3) is 0 Å². The molecule has 1 saturated carbocycles. The summed E-state index contributed by atoms with van der Waals surface area (Å²) in [6.45, 7) is 0.990. The highest BCUT2D eigenvalue weighted by Crippen LogP contribution is 2.24. The maximum Gasteiger partial charge on any atom is 0.163 e. The van der Waals surface area contributed by atoms with Crippen LogP contribution in [0.1, 0.15) is 32.1 Å². The minimum absolute atomic E-state index is 0.594. The Kier molecular flexibility index (Phi) is 4.65. The Morgan fingerprint density at radius 2 is 2.05 bits per heavy atom. The lowest BCUT2D eigenvalue weighted by Gasteiger charge is -2.22. The number of aromatic nitrogens is 3. The molecule has 21 heavy (non-hydrogen) atoms. The number of hydrogen-bond donors (Lipinski definition) is 1. The summed E-state index contributed by atoms with van der Waals surface area (Å²) >= 11 is 5.96. The van der Waals surface area contributed by atoms with Crippen LogP contribution < -0.4 is 5.32 Å². The Morgan fingerprint density at radius 3 is 2.86 bits per heavy atom. The van der Waals surface area contributed by atoms with Crippen molar-refractivity contribution in [3.05, 3.63) is 35.7 Å². The second-order valence-electron chi connectivity index (χ2n) is 5.54. The molecule has 3 rings (SSSR count). The van der Waals surface area contributed by atoms with Crippen molar-refractivity contribution in [2.75, 3.05) is 11.9 Å². The fourth-order valence-electron chi connectivity index (χ4n) is 2.77. The Hall–Kier alpha value is -1.68. The zero-order valence-corrected chi connectivity index (χ0v) is 12.7. The molecule has 1 aliphatic carbocycles. The number of hydrogen-bond acceptors (Lipinski definition) is 4. The van der Waals surface area contributed by atoms with Crippen molar-refractivity contribution in [1.29, 1.82) is 0 Å². The lowest BCUT2D eigenvalue weighted by atomic mass is 9.89. The van der Waals surface area contributed by atoms with Gasteiger partial charge in [0.2, 0.25) is 0 Å². The van der Waals surface area contributed by atoms with Gasteiger partial charge in [-0.1, -0.05) is 30.9 Å². The van der Waals surface area contributed by atoms with E-state index in [2.05, 4.69) is 20.3 Å². The number of nitrogens with one attached hydrogen (secondary N) is 1. The van der Waals surface area contributed by atoms with Gasteiger partial charge in [0.15, 0.2) is 5.82 Å². The van der Waals surface area contributed by atoms with Gasteiger partial charge in [0, 0.05) is 30.7 Å². The van der Waals surface area contributed by atoms with Crippen LogP contribution in [-0.2, 0) is 0 Å². The van der Waals surface area contributed by atoms with Gasteiger partial charge in [0.1, 0.15) is 5.82 Å². The number of rotatable bonds is 4. The summed E-state index contributed by atoms with van der Waals surface area (Å²) < 4.78 is 0. The first kappa shape index (κ1) is 14.3. The number of halogens is 1. The molecule has 110 valence electrons. The van der Waals surface area contributed by atoms with Crippen LogP contribution in [0.3, 0.4) is 0 Å². The normalized spacial score (nSPS) is 15.9. The minimum atomic E-state index is 0.594. The maximum atomic E-state index is 5.96. The molecule has 0 aliphatic heterocycles. The van der Waals surface area contributed by atoms with E-state index in [1.807, 2.05) is 12.1 Å². The van der Waals surface area contributed by atoms with Gasteiger partial charge in [-0.25, -0.2) is 9.97 Å². The van der Waals surface area contributed by atoms with Crippen molar-refractivity contribution >= 4 is 17.4 Å². The first-order chi connectivity index (χ1) is 10.3. The summed E-state index contributed by atoms with van der Waals surface area (Å²) in [5.74, 6) is 2.29. The summed E-state index contributed by atoms with van der Waals surface area (Å²) in [5.41, 5.74) is 0.837. The van der Waals surface area contributed by atoms with E-state index in [0.29, 0.717) is 10.8 Å². The highest BCUT2D eigenvalue weighted by atomic mass is 35.5. The van der Waals surface area contributed by atoms with E-state index < -0.39 is 0 Å². The molecule has 2 aromatic rings. The largest absolute Gasteiger partial charge is 0.370 e. The molecular weight excluding hydrogens is 284 g/mol. The second-order valence-corrected chi connectivity index (χ2v) is 5.98. The summed E-state index contributed by atoms with van der Waals surface area (Å²) in [6, 6.07) is 3.74. The predicted octanol–water partition coefficient (Wildman–Crippen LogP) is 4.18. The van der Waals surface area contributed by atoms with Crippen molar-refractivity contribution in [3.63, 3.8) is 0 Å². The van der Waals surface area contributed by atoms with Gasteiger partial charge in [0.05, 0.1) is 5.02 Å². The monoisotopic (exact) mass is 302 g/mol. The zero-order valence-electron chi connectivity index (χ0n) is 11.9. The van der Waals surface area contributed by atoms with Crippen LogP contribution in [0.25, 0.3) is 11.4 Å². The molecule has 0 spiro atoms. The van der Waals surface area contributed by atoms with E-state index in [0.717, 1.165) is 23.8 Å². The number of pyridine rings is 1. The van der Waals surface area contributed by atoms with Crippen LogP contribution in [0.2, 0.25) is 5.02 Å². The molecule has 0 atom stereocenters. The summed E-state index contributed by atoms with van der Waals surface area (Å²) in [4.78, 5) is 12.9. The third-order valence-electron chi connectivity index (χ3n) is 3.92. The predicted molar refractivity (Wildman–Crippen MR) is 85.3 cm³/mol. The van der Waals surface area contributed by atoms with Crippen molar-refractivity contribution in [2.45, 2.75) is 32.1 Å². The molecule has 1 fully saturated rings. The molecular formula is C16H19ClN4. The van der Waals surface area contributed by atoms with Crippen molar-refractivity contribution in [3.8, 4) is 11.4 Å². The molecule has 2 heterocycles. The van der Waals surface area contributed by atoms with Crippen LogP contribution in [0, 0.1) is 5.92 Å². The Labute approximate surface area is 130 Å². The number of anilines is 1. The molecule has 0 aromatic carbocycles. The quantitative estimate of drug-likeness (QED) is 0.920. The van der Waals surface area contributed by atoms with Crippen LogP contribution in [-0.4, -0.2) is 21.5 Å². The van der Waals surface area contributed by atoms with E-state index >= 15 is 0 Å². The Balaban J connectivity index is 1.68. The lowest BCUT2D eigenvalue weighted by molar-refractivity contribution is 0.373. The van der Waals surface area contributed by atoms with Crippen LogP contribution in [0.5, 0.6) is 0 Å². The third-order valence-corrected chi connectivity index (χ3v) is 4.12. The Bertz CT molecular complexity index is 596. The van der Waals surface area contributed by atoms with Gasteiger partial charge in [-0.2, -0.15) is 0 Å². The summed E-state index contributed by atoms with van der Waals surface area (Å²) in [7, 11) is 0. The third kappa shape index (κ3) is 3.91. The maximum absolute atomic E-state index is 5.96. The van der Waals surface area contributed by atoms with E-state index in [1.54, 1.807) is 18.6 Å². The molecule has 1 N–H and O–H groups in total. The first-order valence-corrected chi connectivity index (χ1v) is 7.87. The number of nitrogens with zero attached hydrogens (tertiary/aromatic N) is 3. The van der Waals surface area contributed by atoms with E-state index in [1.165, 1.54) is 32.1 Å². The van der Waals surface area contributed by atoms with E-state index in [-0.39, 0.29) is 0 Å². The van der Waals surface area contributed by atoms with E-state index in [9.17, 15) is 0 Å². The first-order valence-electron chi connectivity index (χ1n) is 7.49. The van der Waals surface area contributed by atoms with Crippen molar-refractivity contribution in [1.82, 2.24) is 15.0 Å². The lowest BCUT2D eigenvalue weighted by Crippen LogP contribution is -2.17. The Morgan fingerprint density at radius 1 is 1.19 bits per heavy atom. The van der Waals surface area contributed by atoms with Crippen LogP contribution in [0.15, 0.2) is 30.7 Å². The van der Waals surface area contributed by atoms with Crippen LogP contribution in [0.4, 0.5) is 5.82 Å². The molecule has 4 nitrogen and oxygen atoms in total.